The molecule has 38 heteroatoms. The van der Waals surface area contributed by atoms with E-state index in [1.807, 2.05) is 13.8 Å². The summed E-state index contributed by atoms with van der Waals surface area (Å²) in [5.74, 6) is -5.31. The Hall–Kier alpha value is -3.42. The zero-order valence-corrected chi connectivity index (χ0v) is 62.5. The largest absolute Gasteiger partial charge is 0.479 e. The summed E-state index contributed by atoms with van der Waals surface area (Å²) in [5, 5.41) is 212. The van der Waals surface area contributed by atoms with Crippen LogP contribution in [-0.4, -0.2) is 363 Å². The van der Waals surface area contributed by atoms with Gasteiger partial charge in [0, 0.05) is 0 Å². The van der Waals surface area contributed by atoms with Crippen molar-refractivity contribution in [3.63, 3.8) is 0 Å². The number of amides is 1. The minimum atomic E-state index is -2.24. The third-order valence-electron chi connectivity index (χ3n) is 27.2. The van der Waals surface area contributed by atoms with Crippen LogP contribution < -0.4 is 5.32 Å². The Morgan fingerprint density at radius 1 is 0.545 bits per heavy atom. The second-order valence-corrected chi connectivity index (χ2v) is 34.1. The summed E-state index contributed by atoms with van der Waals surface area (Å²) in [7, 11) is 0. The van der Waals surface area contributed by atoms with Crippen LogP contribution in [0.5, 0.6) is 0 Å². The lowest BCUT2D eigenvalue weighted by Crippen LogP contribution is -2.70. The number of ether oxygens (including phenoxy) is 14. The normalized spacial score (nSPS) is 52.9. The number of aliphatic carboxylic acids is 1. The van der Waals surface area contributed by atoms with Crippen LogP contribution in [0.15, 0.2) is 11.6 Å². The van der Waals surface area contributed by atoms with Gasteiger partial charge in [-0.15, -0.1) is 0 Å². The summed E-state index contributed by atoms with van der Waals surface area (Å²) in [6, 6.07) is -1.66. The Bertz CT molecular complexity index is 3250. The van der Waals surface area contributed by atoms with Crippen LogP contribution in [0, 0.1) is 50.2 Å². The fourth-order valence-corrected chi connectivity index (χ4v) is 20.6. The highest BCUT2D eigenvalue weighted by Crippen LogP contribution is 2.76. The number of nitrogens with one attached hydrogen (secondary N) is 1. The van der Waals surface area contributed by atoms with Crippen LogP contribution in [-0.2, 0) is 85.5 Å². The predicted octanol–water partition coefficient (Wildman–Crippen LogP) is -6.84. The SMILES string of the molecule is CC[C@@H]1O[C@@H](OCC(=O)N[C@H]2C(CO)O[C@@H](OC(=O)[C@]34CCC(C)(C)CC3C3=CCC5C6(C)CC[C@H](O[C@@H]7OC(C(=O)O)[C@@H](O)[C@H](O[C@@H]8OC[C@@H](O)[C@H](O)C8O)C7O[C@@H]7OC(CO)[C@H](O)[C@H](O)C7O)[C@](C)(C=O)[C@@H]6CCC5(C)[C@]3(C)CC4O)C(O[C@@H]3OC(C)[C@H](O[C@@H]4OC[C@@H](O)C(O)C4O)C(O)C3O)C2O)C(O)C1O. The number of carboxylic acids is 1. The molecule has 0 spiro atoms. The Morgan fingerprint density at radius 3 is 1.72 bits per heavy atom. The first-order valence-electron chi connectivity index (χ1n) is 38.1. The predicted molar refractivity (Wildman–Crippen MR) is 360 cm³/mol. The molecule has 110 heavy (non-hydrogen) atoms. The molecule has 7 aliphatic heterocycles. The summed E-state index contributed by atoms with van der Waals surface area (Å²) in [6.45, 7) is 11.3. The van der Waals surface area contributed by atoms with Crippen molar-refractivity contribution in [3.8, 4) is 0 Å². The fraction of sp³-hybridized carbons (Fsp3) is 0.917. The fourth-order valence-electron chi connectivity index (χ4n) is 20.6. The van der Waals surface area contributed by atoms with Gasteiger partial charge in [0.1, 0.15) is 140 Å². The van der Waals surface area contributed by atoms with E-state index in [9.17, 15) is 111 Å². The summed E-state index contributed by atoms with van der Waals surface area (Å²) in [4.78, 5) is 57.2. The highest BCUT2D eigenvalue weighted by atomic mass is 16.8. The lowest BCUT2D eigenvalue weighted by molar-refractivity contribution is -0.391. The summed E-state index contributed by atoms with van der Waals surface area (Å²) in [5.41, 5.74) is -5.26. The second kappa shape index (κ2) is 32.8. The molecule has 5 aliphatic carbocycles. The van der Waals surface area contributed by atoms with Crippen LogP contribution >= 0.6 is 0 Å². The molecule has 38 nitrogen and oxygen atoms in total. The van der Waals surface area contributed by atoms with Crippen molar-refractivity contribution in [2.45, 2.75) is 328 Å². The number of aldehydes is 1. The molecule has 12 rings (SSSR count). The van der Waals surface area contributed by atoms with E-state index in [2.05, 4.69) is 32.2 Å². The summed E-state index contributed by atoms with van der Waals surface area (Å²) >= 11 is 0. The van der Waals surface area contributed by atoms with Crippen molar-refractivity contribution >= 4 is 24.1 Å². The van der Waals surface area contributed by atoms with E-state index in [1.54, 1.807) is 13.8 Å². The van der Waals surface area contributed by atoms with E-state index in [1.165, 1.54) is 6.92 Å². The molecule has 11 fully saturated rings. The van der Waals surface area contributed by atoms with Crippen LogP contribution in [0.2, 0.25) is 0 Å². The van der Waals surface area contributed by atoms with Gasteiger partial charge < -0.3 is 173 Å². The van der Waals surface area contributed by atoms with Gasteiger partial charge in [-0.2, -0.15) is 0 Å². The maximum absolute atomic E-state index is 16.1. The molecule has 628 valence electrons. The maximum atomic E-state index is 16.1. The molecular weight excluding hydrogens is 1470 g/mol. The molecular formula is C72H113NO37. The van der Waals surface area contributed by atoms with E-state index in [0.717, 1.165) is 11.9 Å². The monoisotopic (exact) mass is 1580 g/mol. The minimum absolute atomic E-state index is 0.0272. The van der Waals surface area contributed by atoms with Gasteiger partial charge in [-0.1, -0.05) is 60.1 Å². The molecule has 20 N–H and O–H groups in total. The molecule has 0 bridgehead atoms. The number of aliphatic hydroxyl groups excluding tert-OH is 18. The van der Waals surface area contributed by atoms with Crippen molar-refractivity contribution < 1.29 is 183 Å². The number of carbonyl (C=O) groups is 4. The Morgan fingerprint density at radius 2 is 1.11 bits per heavy atom. The Balaban J connectivity index is 0.822. The van der Waals surface area contributed by atoms with Crippen molar-refractivity contribution in [2.75, 3.05) is 33.0 Å². The van der Waals surface area contributed by atoms with Gasteiger partial charge in [0.15, 0.2) is 49.9 Å². The maximum Gasteiger partial charge on any atom is 0.335 e. The van der Waals surface area contributed by atoms with Crippen molar-refractivity contribution in [1.29, 1.82) is 0 Å². The smallest absolute Gasteiger partial charge is 0.335 e. The van der Waals surface area contributed by atoms with Gasteiger partial charge >= 0.3 is 11.9 Å². The molecule has 1 amide bonds. The van der Waals surface area contributed by atoms with E-state index in [-0.39, 0.29) is 31.6 Å². The summed E-state index contributed by atoms with van der Waals surface area (Å²) in [6.07, 6.45) is -53.0. The van der Waals surface area contributed by atoms with E-state index in [0.29, 0.717) is 38.5 Å². The molecule has 0 aromatic heterocycles. The van der Waals surface area contributed by atoms with E-state index < -0.39 is 304 Å². The minimum Gasteiger partial charge on any atom is -0.479 e. The molecule has 0 radical (unpaired) electrons. The first kappa shape index (κ1) is 85.9. The van der Waals surface area contributed by atoms with Crippen LogP contribution in [0.1, 0.15) is 120 Å². The Labute approximate surface area is 633 Å². The number of rotatable bonds is 21. The molecule has 0 aromatic rings. The van der Waals surface area contributed by atoms with Gasteiger partial charge in [-0.05, 0) is 111 Å². The number of carboxylic acid groups (broad SMARTS) is 1. The van der Waals surface area contributed by atoms with Gasteiger partial charge in [-0.25, -0.2) is 4.79 Å². The number of esters is 1. The number of allylic oxidation sites excluding steroid dienone is 2. The standard InChI is InChI=1S/C72H113NO37/c1-9-31-42(83)49(90)59(101-31)99-24-38(80)73-39-32(20-74)102-64(56(44(39)85)108-62-51(92)46(87)53(26(2)100-62)105-60-47(88)40(81)29(77)22-97-60)110-66(96)72-17-16-67(3,4)18-28(72)27-10-11-35-68(5)14-13-37(69(6,25-76)34(68)12-15-70(35,7)71(27,8)19-36(72)79)104-65-57(109-63-50(91)45(86)43(84)33(21-75)103-63)54(52(93)55(107-65)58(94)95)106-61-48(89)41(82)30(78)23-98-61/h10,25-26,28-37,39-57,59-65,74-75,77-79,81-93H,9,11-24H2,1-8H3,(H,73,80)(H,94,95)/t26?,28?,29-,30-,31+,32?,33?,34-,35?,36?,37+,39+,40?,41+,42?,43+,44?,45+,46?,47?,48?,49?,50?,51?,52+,53+,54+,55?,56?,57?,59-,60+,61+,62+,63+,64+,65-,68?,69-,70?,71-,72-/m1/s1. The van der Waals surface area contributed by atoms with Crippen molar-refractivity contribution in [2.24, 2.45) is 50.2 Å². The van der Waals surface area contributed by atoms with Gasteiger partial charge in [0.05, 0.1) is 62.3 Å². The zero-order chi connectivity index (χ0) is 80.3. The van der Waals surface area contributed by atoms with Crippen LogP contribution in [0.4, 0.5) is 0 Å². The zero-order valence-electron chi connectivity index (χ0n) is 62.5. The lowest BCUT2D eigenvalue weighted by atomic mass is 9.33. The quantitative estimate of drug-likeness (QED) is 0.0220. The third-order valence-corrected chi connectivity index (χ3v) is 27.2. The van der Waals surface area contributed by atoms with E-state index >= 15 is 4.79 Å². The van der Waals surface area contributed by atoms with Gasteiger partial charge in [0.2, 0.25) is 12.2 Å². The molecule has 42 atom stereocenters. The van der Waals surface area contributed by atoms with Gasteiger partial charge in [-0.3, -0.25) is 9.59 Å². The average Bonchev–Trinajstić information content (AvgIpc) is 0.730. The number of aliphatic hydroxyl groups is 18. The molecule has 4 saturated carbocycles. The average molecular weight is 1580 g/mol. The second-order valence-electron chi connectivity index (χ2n) is 34.1. The highest BCUT2D eigenvalue weighted by Gasteiger charge is 2.73. The molecule has 7 saturated heterocycles. The first-order valence-corrected chi connectivity index (χ1v) is 38.1. The summed E-state index contributed by atoms with van der Waals surface area (Å²) < 4.78 is 83.8. The number of hydrogen-bond acceptors (Lipinski definition) is 36. The topological polar surface area (TPSA) is 594 Å². The number of hydrogen-bond donors (Lipinski definition) is 20. The third kappa shape index (κ3) is 15.0. The van der Waals surface area contributed by atoms with Crippen molar-refractivity contribution in [1.82, 2.24) is 5.32 Å². The lowest BCUT2D eigenvalue weighted by Gasteiger charge is -2.71. The molecule has 0 aromatic carbocycles. The highest BCUT2D eigenvalue weighted by molar-refractivity contribution is 5.80. The van der Waals surface area contributed by atoms with Crippen LogP contribution in [0.3, 0.4) is 0 Å². The molecule has 7 heterocycles. The number of carbonyl (C=O) groups excluding carboxylic acids is 3. The Kier molecular flexibility index (Phi) is 25.6. The number of fused-ring (bicyclic) bond motifs is 7. The first-order chi connectivity index (χ1) is 51.7. The molecule has 20 unspecified atom stereocenters. The van der Waals surface area contributed by atoms with E-state index in [4.69, 9.17) is 66.3 Å². The van der Waals surface area contributed by atoms with Crippen LogP contribution in [0.25, 0.3) is 0 Å². The van der Waals surface area contributed by atoms with Crippen molar-refractivity contribution in [3.05, 3.63) is 11.6 Å². The van der Waals surface area contributed by atoms with Gasteiger partial charge in [0.25, 0.3) is 0 Å². The molecule has 12 aliphatic rings.